The van der Waals surface area contributed by atoms with Gasteiger partial charge in [-0.3, -0.25) is 4.79 Å². The van der Waals surface area contributed by atoms with E-state index in [0.29, 0.717) is 17.6 Å². The monoisotopic (exact) mass is 280 g/mol. The second-order valence-corrected chi connectivity index (χ2v) is 5.16. The molecule has 1 aliphatic rings. The molecule has 0 atom stereocenters. The second-order valence-electron chi connectivity index (χ2n) is 5.16. The van der Waals surface area contributed by atoms with Crippen molar-refractivity contribution in [3.05, 3.63) is 76.4 Å². The Morgan fingerprint density at radius 1 is 0.905 bits per heavy atom. The lowest BCUT2D eigenvalue weighted by Gasteiger charge is -2.17. The van der Waals surface area contributed by atoms with Crippen LogP contribution in [0.4, 0.5) is 0 Å². The number of allylic oxidation sites excluding steroid dienone is 2. The average molecular weight is 280 g/mol. The van der Waals surface area contributed by atoms with Gasteiger partial charge in [-0.25, -0.2) is 0 Å². The van der Waals surface area contributed by atoms with Crippen molar-refractivity contribution in [2.45, 2.75) is 19.6 Å². The zero-order chi connectivity index (χ0) is 14.8. The fourth-order valence-electron chi connectivity index (χ4n) is 2.62. The van der Waals surface area contributed by atoms with Crippen LogP contribution < -0.4 is 0 Å². The largest absolute Gasteiger partial charge is 0.392 e. The number of carbonyl (C=O) groups is 1. The van der Waals surface area contributed by atoms with Gasteiger partial charge in [0.05, 0.1) is 13.2 Å². The predicted octanol–water partition coefficient (Wildman–Crippen LogP) is 2.49. The maximum atomic E-state index is 12.6. The van der Waals surface area contributed by atoms with Gasteiger partial charge in [0.15, 0.2) is 5.78 Å². The molecule has 106 valence electrons. The lowest BCUT2D eigenvalue weighted by atomic mass is 9.86. The van der Waals surface area contributed by atoms with Crippen molar-refractivity contribution in [3.8, 4) is 0 Å². The molecule has 3 nitrogen and oxygen atoms in total. The summed E-state index contributed by atoms with van der Waals surface area (Å²) in [5, 5.41) is 18.2. The maximum absolute atomic E-state index is 12.6. The molecule has 0 aromatic heterocycles. The molecule has 0 unspecified atom stereocenters. The fraction of sp³-hybridized carbons (Fsp3) is 0.167. The Morgan fingerprint density at radius 3 is 2.24 bits per heavy atom. The number of fused-ring (bicyclic) bond motifs is 1. The molecule has 2 aromatic rings. The van der Waals surface area contributed by atoms with E-state index in [4.69, 9.17) is 10.2 Å². The van der Waals surface area contributed by atoms with E-state index < -0.39 is 0 Å². The molecule has 0 radical (unpaired) electrons. The molecule has 0 aliphatic heterocycles. The van der Waals surface area contributed by atoms with E-state index in [0.717, 1.165) is 22.3 Å². The number of hydrogen-bond acceptors (Lipinski definition) is 3. The van der Waals surface area contributed by atoms with E-state index in [2.05, 4.69) is 0 Å². The molecule has 0 bridgehead atoms. The number of hydrogen-bond donors (Lipinski definition) is 2. The van der Waals surface area contributed by atoms with Gasteiger partial charge >= 0.3 is 0 Å². The SMILES string of the molecule is O=C1C(c2ccc(CO)cc2)=CCc2cc(CO)ccc21. The van der Waals surface area contributed by atoms with Crippen LogP contribution in [-0.2, 0) is 19.6 Å². The van der Waals surface area contributed by atoms with Crippen LogP contribution >= 0.6 is 0 Å². The van der Waals surface area contributed by atoms with E-state index in [9.17, 15) is 4.79 Å². The molecule has 0 heterocycles. The van der Waals surface area contributed by atoms with Crippen LogP contribution in [0.1, 0.15) is 32.6 Å². The number of Topliss-reactive ketones (excluding diaryl/α,β-unsaturated/α-hetero) is 1. The number of ketones is 1. The van der Waals surface area contributed by atoms with Gasteiger partial charge < -0.3 is 10.2 Å². The highest BCUT2D eigenvalue weighted by molar-refractivity contribution is 6.30. The van der Waals surface area contributed by atoms with Crippen LogP contribution in [0.5, 0.6) is 0 Å². The topological polar surface area (TPSA) is 57.5 Å². The zero-order valence-electron chi connectivity index (χ0n) is 11.5. The third-order valence-electron chi connectivity index (χ3n) is 3.82. The predicted molar refractivity (Wildman–Crippen MR) is 80.7 cm³/mol. The Kier molecular flexibility index (Phi) is 3.69. The van der Waals surface area contributed by atoms with Gasteiger partial charge in [0, 0.05) is 11.1 Å². The first-order valence-electron chi connectivity index (χ1n) is 6.90. The van der Waals surface area contributed by atoms with Crippen molar-refractivity contribution in [2.24, 2.45) is 0 Å². The van der Waals surface area contributed by atoms with Gasteiger partial charge in [-0.05, 0) is 28.7 Å². The molecule has 3 rings (SSSR count). The summed E-state index contributed by atoms with van der Waals surface area (Å²) in [6, 6.07) is 12.8. The van der Waals surface area contributed by atoms with E-state index in [1.54, 1.807) is 12.1 Å². The molecule has 1 aliphatic carbocycles. The summed E-state index contributed by atoms with van der Waals surface area (Å²) in [5.74, 6) is 0.0116. The first-order chi connectivity index (χ1) is 10.2. The molecular formula is C18H16O3. The summed E-state index contributed by atoms with van der Waals surface area (Å²) in [4.78, 5) is 12.6. The van der Waals surface area contributed by atoms with E-state index in [1.807, 2.05) is 36.4 Å². The van der Waals surface area contributed by atoms with Crippen molar-refractivity contribution < 1.29 is 15.0 Å². The first-order valence-corrected chi connectivity index (χ1v) is 6.90. The Morgan fingerprint density at radius 2 is 1.57 bits per heavy atom. The molecule has 2 N–H and O–H groups in total. The van der Waals surface area contributed by atoms with Gasteiger partial charge in [-0.1, -0.05) is 48.5 Å². The summed E-state index contributed by atoms with van der Waals surface area (Å²) in [6.07, 6.45) is 2.62. The molecule has 0 spiro atoms. The van der Waals surface area contributed by atoms with Gasteiger partial charge in [-0.15, -0.1) is 0 Å². The molecule has 0 fully saturated rings. The van der Waals surface area contributed by atoms with Crippen molar-refractivity contribution >= 4 is 11.4 Å². The molecule has 0 saturated carbocycles. The highest BCUT2D eigenvalue weighted by atomic mass is 16.3. The maximum Gasteiger partial charge on any atom is 0.193 e. The van der Waals surface area contributed by atoms with Crippen molar-refractivity contribution in [1.29, 1.82) is 0 Å². The minimum atomic E-state index is -0.0132. The Labute approximate surface area is 123 Å². The van der Waals surface area contributed by atoms with Crippen LogP contribution in [0.2, 0.25) is 0 Å². The highest BCUT2D eigenvalue weighted by Crippen LogP contribution is 2.28. The summed E-state index contributed by atoms with van der Waals surface area (Å²) >= 11 is 0. The third kappa shape index (κ3) is 2.53. The zero-order valence-corrected chi connectivity index (χ0v) is 11.5. The van der Waals surface area contributed by atoms with Crippen molar-refractivity contribution in [3.63, 3.8) is 0 Å². The first kappa shape index (κ1) is 13.7. The molecule has 2 aromatic carbocycles. The second kappa shape index (κ2) is 5.64. The van der Waals surface area contributed by atoms with Gasteiger partial charge in [-0.2, -0.15) is 0 Å². The lowest BCUT2D eigenvalue weighted by molar-refractivity contribution is 0.105. The number of rotatable bonds is 3. The molecule has 3 heteroatoms. The standard InChI is InChI=1S/C18H16O3/c19-10-12-1-4-14(5-2-12)16-8-6-15-9-13(11-20)3-7-17(15)18(16)21/h1-5,7-9,19-20H,6,10-11H2. The van der Waals surface area contributed by atoms with Gasteiger partial charge in [0.25, 0.3) is 0 Å². The van der Waals surface area contributed by atoms with Gasteiger partial charge in [0.2, 0.25) is 0 Å². The van der Waals surface area contributed by atoms with Crippen LogP contribution in [0, 0.1) is 0 Å². The van der Waals surface area contributed by atoms with Crippen molar-refractivity contribution in [1.82, 2.24) is 0 Å². The van der Waals surface area contributed by atoms with Crippen LogP contribution in [0.15, 0.2) is 48.5 Å². The van der Waals surface area contributed by atoms with Crippen molar-refractivity contribution in [2.75, 3.05) is 0 Å². The Balaban J connectivity index is 1.96. The molecular weight excluding hydrogens is 264 g/mol. The van der Waals surface area contributed by atoms with Gasteiger partial charge in [0.1, 0.15) is 0 Å². The van der Waals surface area contributed by atoms with E-state index in [1.165, 1.54) is 0 Å². The smallest absolute Gasteiger partial charge is 0.193 e. The Hall–Kier alpha value is -2.23. The number of carbonyl (C=O) groups excluding carboxylic acids is 1. The minimum absolute atomic E-state index is 0.0000437. The lowest BCUT2D eigenvalue weighted by Crippen LogP contribution is -2.12. The molecule has 0 saturated heterocycles. The highest BCUT2D eigenvalue weighted by Gasteiger charge is 2.21. The summed E-state index contributed by atoms with van der Waals surface area (Å²) in [7, 11) is 0. The number of benzene rings is 2. The van der Waals surface area contributed by atoms with E-state index >= 15 is 0 Å². The molecule has 0 amide bonds. The minimum Gasteiger partial charge on any atom is -0.392 e. The normalized spacial score (nSPS) is 13.8. The summed E-state index contributed by atoms with van der Waals surface area (Å²) < 4.78 is 0. The van der Waals surface area contributed by atoms with Crippen LogP contribution in [0.3, 0.4) is 0 Å². The molecule has 21 heavy (non-hydrogen) atoms. The van der Waals surface area contributed by atoms with E-state index in [-0.39, 0.29) is 19.0 Å². The third-order valence-corrected chi connectivity index (χ3v) is 3.82. The van der Waals surface area contributed by atoms with Crippen LogP contribution in [-0.4, -0.2) is 16.0 Å². The summed E-state index contributed by atoms with van der Waals surface area (Å²) in [6.45, 7) is -0.0132. The quantitative estimate of drug-likeness (QED) is 0.908. The number of aliphatic hydroxyl groups excluding tert-OH is 2. The average Bonchev–Trinajstić information content (AvgIpc) is 2.55. The summed E-state index contributed by atoms with van der Waals surface area (Å²) in [5.41, 5.74) is 4.89. The number of aliphatic hydroxyl groups is 2. The Bertz CT molecular complexity index is 712. The fourth-order valence-corrected chi connectivity index (χ4v) is 2.62. The van der Waals surface area contributed by atoms with Crippen LogP contribution in [0.25, 0.3) is 5.57 Å².